The normalized spacial score (nSPS) is 8.92. The first-order valence-corrected chi connectivity index (χ1v) is 3.33. The Bertz CT molecular complexity index is 395. The highest BCUT2D eigenvalue weighted by molar-refractivity contribution is 5.95. The average molecular weight is 178 g/mol. The number of carbonyl (C=O) groups excluding carboxylic acids is 1. The summed E-state index contributed by atoms with van der Waals surface area (Å²) in [5.41, 5.74) is 13.2. The number of carbonyl (C=O) groups is 1. The first-order valence-electron chi connectivity index (χ1n) is 3.33. The van der Waals surface area contributed by atoms with Gasteiger partial charge in [-0.3, -0.25) is 4.79 Å². The van der Waals surface area contributed by atoms with E-state index in [1.165, 1.54) is 18.2 Å². The molecular formula is C7H6N4O2. The fraction of sp³-hybridized carbons (Fsp3) is 0. The predicted octanol–water partition coefficient (Wildman–Crippen LogP) is 1.43. The van der Waals surface area contributed by atoms with E-state index in [2.05, 4.69) is 10.0 Å². The largest absolute Gasteiger partial charge is 0.507 e. The molecule has 0 bridgehead atoms. The SMILES string of the molecule is [N-]=[N+]=Nc1ccc(C(N)=O)c(O)c1. The van der Waals surface area contributed by atoms with Gasteiger partial charge in [-0.05, 0) is 17.7 Å². The van der Waals surface area contributed by atoms with E-state index < -0.39 is 5.91 Å². The molecule has 1 rings (SSSR count). The summed E-state index contributed by atoms with van der Waals surface area (Å²) >= 11 is 0. The van der Waals surface area contributed by atoms with Gasteiger partial charge in [-0.15, -0.1) is 0 Å². The molecule has 0 spiro atoms. The maximum atomic E-state index is 10.6. The Labute approximate surface area is 73.2 Å². The Morgan fingerprint density at radius 3 is 2.77 bits per heavy atom. The van der Waals surface area contributed by atoms with Crippen LogP contribution in [0.4, 0.5) is 5.69 Å². The van der Waals surface area contributed by atoms with Gasteiger partial charge in [-0.25, -0.2) is 0 Å². The van der Waals surface area contributed by atoms with Gasteiger partial charge in [0, 0.05) is 10.6 Å². The van der Waals surface area contributed by atoms with Crippen LogP contribution in [0.3, 0.4) is 0 Å². The zero-order valence-corrected chi connectivity index (χ0v) is 6.51. The molecule has 0 atom stereocenters. The molecule has 0 heterocycles. The molecule has 6 nitrogen and oxygen atoms in total. The minimum absolute atomic E-state index is 0.00288. The Morgan fingerprint density at radius 2 is 2.31 bits per heavy atom. The number of aromatic hydroxyl groups is 1. The van der Waals surface area contributed by atoms with Crippen LogP contribution < -0.4 is 5.73 Å². The molecule has 0 aromatic heterocycles. The third-order valence-electron chi connectivity index (χ3n) is 1.41. The van der Waals surface area contributed by atoms with Crippen molar-refractivity contribution in [1.29, 1.82) is 0 Å². The molecular weight excluding hydrogens is 172 g/mol. The number of rotatable bonds is 2. The van der Waals surface area contributed by atoms with E-state index in [1.807, 2.05) is 0 Å². The van der Waals surface area contributed by atoms with E-state index in [1.54, 1.807) is 0 Å². The smallest absolute Gasteiger partial charge is 0.252 e. The number of nitrogens with two attached hydrogens (primary N) is 1. The highest BCUT2D eigenvalue weighted by Crippen LogP contribution is 2.23. The van der Waals surface area contributed by atoms with Crippen LogP contribution in [0.15, 0.2) is 23.3 Å². The lowest BCUT2D eigenvalue weighted by Gasteiger charge is -1.99. The number of primary amides is 1. The predicted molar refractivity (Wildman–Crippen MR) is 45.4 cm³/mol. The zero-order chi connectivity index (χ0) is 9.84. The van der Waals surface area contributed by atoms with Crippen molar-refractivity contribution in [2.75, 3.05) is 0 Å². The fourth-order valence-corrected chi connectivity index (χ4v) is 0.842. The molecule has 6 heteroatoms. The molecule has 1 amide bonds. The summed E-state index contributed by atoms with van der Waals surface area (Å²) in [6.45, 7) is 0. The van der Waals surface area contributed by atoms with Crippen molar-refractivity contribution in [3.8, 4) is 5.75 Å². The molecule has 13 heavy (non-hydrogen) atoms. The van der Waals surface area contributed by atoms with Crippen molar-refractivity contribution in [1.82, 2.24) is 0 Å². The van der Waals surface area contributed by atoms with E-state index in [9.17, 15) is 9.90 Å². The van der Waals surface area contributed by atoms with Crippen LogP contribution in [0.5, 0.6) is 5.75 Å². The van der Waals surface area contributed by atoms with Crippen molar-refractivity contribution >= 4 is 11.6 Å². The van der Waals surface area contributed by atoms with Gasteiger partial charge in [-0.2, -0.15) is 0 Å². The number of benzene rings is 1. The minimum atomic E-state index is -0.731. The first-order chi connectivity index (χ1) is 6.15. The van der Waals surface area contributed by atoms with Crippen molar-refractivity contribution in [3.05, 3.63) is 34.2 Å². The number of hydrogen-bond acceptors (Lipinski definition) is 3. The molecule has 0 saturated heterocycles. The Morgan fingerprint density at radius 1 is 1.62 bits per heavy atom. The summed E-state index contributed by atoms with van der Waals surface area (Å²) in [5, 5.41) is 12.4. The quantitative estimate of drug-likeness (QED) is 0.405. The van der Waals surface area contributed by atoms with Crippen LogP contribution in [-0.2, 0) is 0 Å². The number of azide groups is 1. The van der Waals surface area contributed by atoms with Crippen LogP contribution >= 0.6 is 0 Å². The van der Waals surface area contributed by atoms with Gasteiger partial charge in [0.25, 0.3) is 5.91 Å². The Kier molecular flexibility index (Phi) is 2.37. The first kappa shape index (κ1) is 8.89. The molecule has 1 aromatic rings. The van der Waals surface area contributed by atoms with Crippen LogP contribution in [0.1, 0.15) is 10.4 Å². The monoisotopic (exact) mass is 178 g/mol. The Hall–Kier alpha value is -2.20. The van der Waals surface area contributed by atoms with E-state index in [0.29, 0.717) is 0 Å². The lowest BCUT2D eigenvalue weighted by molar-refractivity contribution is 0.0998. The van der Waals surface area contributed by atoms with Crippen LogP contribution in [0.25, 0.3) is 10.4 Å². The van der Waals surface area contributed by atoms with E-state index >= 15 is 0 Å². The number of amides is 1. The average Bonchev–Trinajstić information content (AvgIpc) is 2.04. The second-order valence-corrected chi connectivity index (χ2v) is 2.26. The molecule has 66 valence electrons. The molecule has 0 radical (unpaired) electrons. The highest BCUT2D eigenvalue weighted by atomic mass is 16.3. The summed E-state index contributed by atoms with van der Waals surface area (Å²) in [7, 11) is 0. The molecule has 0 fully saturated rings. The zero-order valence-electron chi connectivity index (χ0n) is 6.51. The third-order valence-corrected chi connectivity index (χ3v) is 1.41. The van der Waals surface area contributed by atoms with Crippen molar-refractivity contribution in [2.45, 2.75) is 0 Å². The summed E-state index contributed by atoms with van der Waals surface area (Å²) in [6, 6.07) is 3.85. The molecule has 0 aliphatic rings. The maximum absolute atomic E-state index is 10.6. The molecule has 0 aliphatic heterocycles. The molecule has 3 N–H and O–H groups in total. The van der Waals surface area contributed by atoms with Crippen LogP contribution in [-0.4, -0.2) is 11.0 Å². The van der Waals surface area contributed by atoms with E-state index in [0.717, 1.165) is 0 Å². The second kappa shape index (κ2) is 3.46. The third kappa shape index (κ3) is 1.88. The summed E-state index contributed by atoms with van der Waals surface area (Å²) in [6.07, 6.45) is 0. The van der Waals surface area contributed by atoms with Crippen LogP contribution in [0, 0.1) is 0 Å². The van der Waals surface area contributed by atoms with Gasteiger partial charge in [-0.1, -0.05) is 11.2 Å². The molecule has 1 aromatic carbocycles. The van der Waals surface area contributed by atoms with Crippen molar-refractivity contribution < 1.29 is 9.90 Å². The molecule has 0 saturated carbocycles. The lowest BCUT2D eigenvalue weighted by atomic mass is 10.2. The summed E-state index contributed by atoms with van der Waals surface area (Å²) in [5.74, 6) is -1.03. The van der Waals surface area contributed by atoms with E-state index in [-0.39, 0.29) is 17.0 Å². The van der Waals surface area contributed by atoms with Gasteiger partial charge < -0.3 is 10.8 Å². The topological polar surface area (TPSA) is 112 Å². The fourth-order valence-electron chi connectivity index (χ4n) is 0.842. The second-order valence-electron chi connectivity index (χ2n) is 2.26. The summed E-state index contributed by atoms with van der Waals surface area (Å²) < 4.78 is 0. The van der Waals surface area contributed by atoms with Gasteiger partial charge in [0.15, 0.2) is 0 Å². The highest BCUT2D eigenvalue weighted by Gasteiger charge is 2.06. The van der Waals surface area contributed by atoms with E-state index in [4.69, 9.17) is 11.3 Å². The standard InChI is InChI=1S/C7H6N4O2/c8-7(13)5-2-1-4(10-11-9)3-6(5)12/h1-3,12H,(H2,8,13). The van der Waals surface area contributed by atoms with Crippen molar-refractivity contribution in [3.63, 3.8) is 0 Å². The maximum Gasteiger partial charge on any atom is 0.252 e. The number of nitrogens with zero attached hydrogens (tertiary/aromatic N) is 3. The van der Waals surface area contributed by atoms with Gasteiger partial charge in [0.1, 0.15) is 5.75 Å². The lowest BCUT2D eigenvalue weighted by Crippen LogP contribution is -2.10. The van der Waals surface area contributed by atoms with Crippen molar-refractivity contribution in [2.24, 2.45) is 10.8 Å². The number of phenols is 1. The van der Waals surface area contributed by atoms with Gasteiger partial charge in [0.05, 0.1) is 5.56 Å². The molecule has 0 unspecified atom stereocenters. The minimum Gasteiger partial charge on any atom is -0.507 e. The van der Waals surface area contributed by atoms with Gasteiger partial charge >= 0.3 is 0 Å². The van der Waals surface area contributed by atoms with Gasteiger partial charge in [0.2, 0.25) is 0 Å². The number of hydrogen-bond donors (Lipinski definition) is 2. The summed E-state index contributed by atoms with van der Waals surface area (Å²) in [4.78, 5) is 13.2. The van der Waals surface area contributed by atoms with Crippen LogP contribution in [0.2, 0.25) is 0 Å². The Balaban J connectivity index is 3.19. The molecule has 0 aliphatic carbocycles.